The monoisotopic (exact) mass is 431 g/mol. The van der Waals surface area contributed by atoms with Crippen molar-refractivity contribution in [3.05, 3.63) is 77.6 Å². The average Bonchev–Trinajstić information content (AvgIpc) is 2.80. The van der Waals surface area contributed by atoms with E-state index in [-0.39, 0.29) is 5.69 Å². The number of carbonyl (C=O) groups is 1. The molecular formula is C25H29N5O2. The summed E-state index contributed by atoms with van der Waals surface area (Å²) in [6, 6.07) is 18.0. The Hall–Kier alpha value is -3.58. The van der Waals surface area contributed by atoms with Gasteiger partial charge in [-0.1, -0.05) is 18.2 Å². The lowest BCUT2D eigenvalue weighted by Gasteiger charge is -2.34. The number of methoxy groups -OCH3 is 1. The fourth-order valence-corrected chi connectivity index (χ4v) is 3.94. The zero-order valence-corrected chi connectivity index (χ0v) is 18.5. The Balaban J connectivity index is 1.54. The standard InChI is InChI=1S/C25H29N5O2/c1-29-11-13-30(14-12-29)21-9-7-20(8-10-21)28-22-16-18(17-27-24(22)25(26)31)15-19-5-3-4-6-23(19)32-2/h3-10,16-17,28H,11-15H2,1-2H3,(H2,26,31). The summed E-state index contributed by atoms with van der Waals surface area (Å²) in [6.07, 6.45) is 2.32. The predicted molar refractivity (Wildman–Crippen MR) is 128 cm³/mol. The number of ether oxygens (including phenoxy) is 1. The second-order valence-corrected chi connectivity index (χ2v) is 8.05. The van der Waals surface area contributed by atoms with Gasteiger partial charge >= 0.3 is 0 Å². The van der Waals surface area contributed by atoms with Gasteiger partial charge in [0.25, 0.3) is 5.91 Å². The van der Waals surface area contributed by atoms with Gasteiger partial charge in [-0.15, -0.1) is 0 Å². The number of hydrogen-bond donors (Lipinski definition) is 2. The molecule has 3 N–H and O–H groups in total. The number of benzene rings is 2. The van der Waals surface area contributed by atoms with E-state index in [2.05, 4.69) is 39.3 Å². The predicted octanol–water partition coefficient (Wildman–Crippen LogP) is 3.28. The number of pyridine rings is 1. The maximum Gasteiger partial charge on any atom is 0.269 e. The van der Waals surface area contributed by atoms with Gasteiger partial charge in [-0.05, 0) is 54.6 Å². The molecule has 0 saturated carbocycles. The Labute approximate surface area is 188 Å². The van der Waals surface area contributed by atoms with Gasteiger partial charge in [0.05, 0.1) is 12.8 Å². The molecule has 7 nitrogen and oxygen atoms in total. The molecule has 32 heavy (non-hydrogen) atoms. The number of anilines is 3. The lowest BCUT2D eigenvalue weighted by Crippen LogP contribution is -2.44. The highest BCUT2D eigenvalue weighted by Crippen LogP contribution is 2.26. The molecule has 0 spiro atoms. The van der Waals surface area contributed by atoms with Crippen LogP contribution in [-0.2, 0) is 6.42 Å². The van der Waals surface area contributed by atoms with Gasteiger partial charge in [0.2, 0.25) is 0 Å². The molecular weight excluding hydrogens is 402 g/mol. The summed E-state index contributed by atoms with van der Waals surface area (Å²) in [7, 11) is 3.81. The van der Waals surface area contributed by atoms with Crippen molar-refractivity contribution in [2.45, 2.75) is 6.42 Å². The van der Waals surface area contributed by atoms with Crippen LogP contribution in [0.4, 0.5) is 17.1 Å². The van der Waals surface area contributed by atoms with E-state index in [0.29, 0.717) is 12.1 Å². The number of piperazine rings is 1. The Morgan fingerprint density at radius 2 is 1.81 bits per heavy atom. The minimum atomic E-state index is -0.564. The molecule has 1 aromatic heterocycles. The third-order valence-electron chi connectivity index (χ3n) is 5.78. The van der Waals surface area contributed by atoms with Crippen molar-refractivity contribution in [3.8, 4) is 5.75 Å². The van der Waals surface area contributed by atoms with E-state index in [0.717, 1.165) is 48.7 Å². The van der Waals surface area contributed by atoms with Crippen LogP contribution in [0.2, 0.25) is 0 Å². The zero-order chi connectivity index (χ0) is 22.5. The Bertz CT molecular complexity index is 1080. The van der Waals surface area contributed by atoms with Gasteiger partial charge in [0, 0.05) is 50.2 Å². The molecule has 1 aliphatic heterocycles. The lowest BCUT2D eigenvalue weighted by atomic mass is 10.0. The van der Waals surface area contributed by atoms with Gasteiger partial charge in [0.15, 0.2) is 5.69 Å². The Kier molecular flexibility index (Phi) is 6.56. The van der Waals surface area contributed by atoms with Crippen molar-refractivity contribution in [3.63, 3.8) is 0 Å². The second kappa shape index (κ2) is 9.70. The first-order chi connectivity index (χ1) is 15.5. The third-order valence-corrected chi connectivity index (χ3v) is 5.78. The number of aromatic nitrogens is 1. The number of primary amides is 1. The number of likely N-dealkylation sites (N-methyl/N-ethyl adjacent to an activating group) is 1. The number of para-hydroxylation sites is 1. The van der Waals surface area contributed by atoms with Crippen LogP contribution in [0.25, 0.3) is 0 Å². The zero-order valence-electron chi connectivity index (χ0n) is 18.5. The smallest absolute Gasteiger partial charge is 0.269 e. The van der Waals surface area contributed by atoms with Crippen molar-refractivity contribution in [2.75, 3.05) is 50.6 Å². The summed E-state index contributed by atoms with van der Waals surface area (Å²) < 4.78 is 5.46. The number of nitrogens with one attached hydrogen (secondary N) is 1. The van der Waals surface area contributed by atoms with Crippen LogP contribution < -0.4 is 20.7 Å². The van der Waals surface area contributed by atoms with Crippen LogP contribution in [-0.4, -0.2) is 56.1 Å². The molecule has 0 bridgehead atoms. The normalized spacial score (nSPS) is 14.2. The number of nitrogens with zero attached hydrogens (tertiary/aromatic N) is 3. The molecule has 0 atom stereocenters. The first kappa shape index (κ1) is 21.6. The second-order valence-electron chi connectivity index (χ2n) is 8.05. The van der Waals surface area contributed by atoms with Crippen LogP contribution in [0, 0.1) is 0 Å². The topological polar surface area (TPSA) is 83.7 Å². The quantitative estimate of drug-likeness (QED) is 0.597. The van der Waals surface area contributed by atoms with Gasteiger partial charge in [-0.25, -0.2) is 4.98 Å². The molecule has 1 amide bonds. The van der Waals surface area contributed by atoms with Gasteiger partial charge in [-0.2, -0.15) is 0 Å². The average molecular weight is 432 g/mol. The Morgan fingerprint density at radius 1 is 1.09 bits per heavy atom. The van der Waals surface area contributed by atoms with E-state index < -0.39 is 5.91 Å². The summed E-state index contributed by atoms with van der Waals surface area (Å²) in [4.78, 5) is 21.0. The molecule has 7 heteroatoms. The number of carbonyl (C=O) groups excluding carboxylic acids is 1. The number of nitrogens with two attached hydrogens (primary N) is 1. The molecule has 2 aromatic carbocycles. The first-order valence-electron chi connectivity index (χ1n) is 10.7. The number of rotatable bonds is 7. The lowest BCUT2D eigenvalue weighted by molar-refractivity contribution is 0.0996. The van der Waals surface area contributed by atoms with Gasteiger partial charge in [-0.3, -0.25) is 4.79 Å². The molecule has 166 valence electrons. The van der Waals surface area contributed by atoms with E-state index in [1.54, 1.807) is 13.3 Å². The minimum Gasteiger partial charge on any atom is -0.496 e. The molecule has 3 aromatic rings. The molecule has 0 aliphatic carbocycles. The van der Waals surface area contributed by atoms with Crippen molar-refractivity contribution in [1.82, 2.24) is 9.88 Å². The summed E-state index contributed by atoms with van der Waals surface area (Å²) in [5, 5.41) is 3.32. The third kappa shape index (κ3) is 5.00. The van der Waals surface area contributed by atoms with E-state index in [1.165, 1.54) is 5.69 Å². The maximum atomic E-state index is 12.0. The van der Waals surface area contributed by atoms with Crippen molar-refractivity contribution in [2.24, 2.45) is 5.73 Å². The minimum absolute atomic E-state index is 0.219. The number of hydrogen-bond acceptors (Lipinski definition) is 6. The maximum absolute atomic E-state index is 12.0. The van der Waals surface area contributed by atoms with Gasteiger partial charge in [0.1, 0.15) is 5.75 Å². The van der Waals surface area contributed by atoms with Crippen LogP contribution in [0.3, 0.4) is 0 Å². The van der Waals surface area contributed by atoms with Crippen LogP contribution >= 0.6 is 0 Å². The fraction of sp³-hybridized carbons (Fsp3) is 0.280. The van der Waals surface area contributed by atoms with E-state index in [9.17, 15) is 4.79 Å². The highest BCUT2D eigenvalue weighted by Gasteiger charge is 2.15. The summed E-state index contributed by atoms with van der Waals surface area (Å²) >= 11 is 0. The fourth-order valence-electron chi connectivity index (χ4n) is 3.94. The molecule has 2 heterocycles. The highest BCUT2D eigenvalue weighted by atomic mass is 16.5. The molecule has 1 aliphatic rings. The van der Waals surface area contributed by atoms with Crippen molar-refractivity contribution < 1.29 is 9.53 Å². The van der Waals surface area contributed by atoms with Crippen LogP contribution in [0.1, 0.15) is 21.6 Å². The highest BCUT2D eigenvalue weighted by molar-refractivity contribution is 5.97. The first-order valence-corrected chi connectivity index (χ1v) is 10.7. The van der Waals surface area contributed by atoms with E-state index in [4.69, 9.17) is 10.5 Å². The van der Waals surface area contributed by atoms with E-state index >= 15 is 0 Å². The summed E-state index contributed by atoms with van der Waals surface area (Å²) in [5.74, 6) is 0.255. The van der Waals surface area contributed by atoms with Crippen LogP contribution in [0.5, 0.6) is 5.75 Å². The Morgan fingerprint density at radius 3 is 2.50 bits per heavy atom. The van der Waals surface area contributed by atoms with Crippen molar-refractivity contribution in [1.29, 1.82) is 0 Å². The molecule has 4 rings (SSSR count). The molecule has 0 radical (unpaired) electrons. The van der Waals surface area contributed by atoms with E-state index in [1.807, 2.05) is 42.5 Å². The van der Waals surface area contributed by atoms with Crippen LogP contribution in [0.15, 0.2) is 60.8 Å². The number of amides is 1. The molecule has 1 fully saturated rings. The summed E-state index contributed by atoms with van der Waals surface area (Å²) in [6.45, 7) is 4.16. The van der Waals surface area contributed by atoms with Gasteiger partial charge < -0.3 is 25.6 Å². The molecule has 1 saturated heterocycles. The molecule has 0 unspecified atom stereocenters. The summed E-state index contributed by atoms with van der Waals surface area (Å²) in [5.41, 5.74) is 10.5. The SMILES string of the molecule is COc1ccccc1Cc1cnc(C(N)=O)c(Nc2ccc(N3CCN(C)CC3)cc2)c1. The largest absolute Gasteiger partial charge is 0.496 e. The van der Waals surface area contributed by atoms with Crippen molar-refractivity contribution >= 4 is 23.0 Å².